The van der Waals surface area contributed by atoms with E-state index in [1.54, 1.807) is 6.92 Å². The minimum atomic E-state index is -1.12. The van der Waals surface area contributed by atoms with Crippen molar-refractivity contribution in [1.29, 1.82) is 0 Å². The molecule has 0 radical (unpaired) electrons. The highest BCUT2D eigenvalue weighted by Gasteiger charge is 2.15. The first-order valence-electron chi connectivity index (χ1n) is 6.24. The SMILES string of the molecule is CCCCCCCc1cc(C)c(O)c(F)c1F. The third-order valence-corrected chi connectivity index (χ3v) is 3.00. The lowest BCUT2D eigenvalue weighted by molar-refractivity contribution is 0.400. The van der Waals surface area contributed by atoms with E-state index >= 15 is 0 Å². The van der Waals surface area contributed by atoms with Crippen LogP contribution in [0.4, 0.5) is 8.78 Å². The van der Waals surface area contributed by atoms with Gasteiger partial charge < -0.3 is 5.11 Å². The summed E-state index contributed by atoms with van der Waals surface area (Å²) in [6.07, 6.45) is 5.92. The zero-order valence-electron chi connectivity index (χ0n) is 10.5. The molecular formula is C14H20F2O. The number of aryl methyl sites for hydroxylation is 2. The van der Waals surface area contributed by atoms with Crippen molar-refractivity contribution in [3.63, 3.8) is 0 Å². The number of hydrogen-bond donors (Lipinski definition) is 1. The van der Waals surface area contributed by atoms with Crippen molar-refractivity contribution in [3.05, 3.63) is 28.8 Å². The number of unbranched alkanes of at least 4 members (excludes halogenated alkanes) is 4. The second-order valence-corrected chi connectivity index (χ2v) is 4.49. The molecule has 0 saturated carbocycles. The first kappa shape index (κ1) is 13.9. The van der Waals surface area contributed by atoms with E-state index in [0.717, 1.165) is 19.3 Å². The Balaban J connectivity index is 2.60. The monoisotopic (exact) mass is 242 g/mol. The van der Waals surface area contributed by atoms with Crippen LogP contribution >= 0.6 is 0 Å². The maximum atomic E-state index is 13.5. The van der Waals surface area contributed by atoms with E-state index in [1.807, 2.05) is 0 Å². The lowest BCUT2D eigenvalue weighted by atomic mass is 10.0. The first-order valence-corrected chi connectivity index (χ1v) is 6.24. The van der Waals surface area contributed by atoms with Gasteiger partial charge in [0.15, 0.2) is 11.6 Å². The lowest BCUT2D eigenvalue weighted by Crippen LogP contribution is -1.97. The fraction of sp³-hybridized carbons (Fsp3) is 0.571. The van der Waals surface area contributed by atoms with Crippen LogP contribution in [0.15, 0.2) is 6.07 Å². The van der Waals surface area contributed by atoms with Crippen molar-refractivity contribution in [2.24, 2.45) is 0 Å². The Morgan fingerprint density at radius 1 is 1.06 bits per heavy atom. The molecule has 1 aromatic rings. The van der Waals surface area contributed by atoms with Gasteiger partial charge in [0.1, 0.15) is 0 Å². The Morgan fingerprint density at radius 3 is 2.35 bits per heavy atom. The van der Waals surface area contributed by atoms with Crippen LogP contribution in [0.1, 0.15) is 50.2 Å². The molecule has 0 spiro atoms. The second-order valence-electron chi connectivity index (χ2n) is 4.49. The lowest BCUT2D eigenvalue weighted by Gasteiger charge is -2.08. The Hall–Kier alpha value is -1.12. The third-order valence-electron chi connectivity index (χ3n) is 3.00. The van der Waals surface area contributed by atoms with Gasteiger partial charge in [-0.15, -0.1) is 0 Å². The van der Waals surface area contributed by atoms with E-state index in [1.165, 1.54) is 18.9 Å². The molecule has 0 saturated heterocycles. The van der Waals surface area contributed by atoms with Crippen LogP contribution in [0.25, 0.3) is 0 Å². The van der Waals surface area contributed by atoms with E-state index in [2.05, 4.69) is 6.92 Å². The van der Waals surface area contributed by atoms with E-state index in [-0.39, 0.29) is 0 Å². The van der Waals surface area contributed by atoms with Gasteiger partial charge in [-0.05, 0) is 37.0 Å². The zero-order chi connectivity index (χ0) is 12.8. The molecule has 1 nitrogen and oxygen atoms in total. The fourth-order valence-electron chi connectivity index (χ4n) is 1.91. The molecule has 1 aromatic carbocycles. The van der Waals surface area contributed by atoms with Crippen LogP contribution in [0.5, 0.6) is 5.75 Å². The number of rotatable bonds is 6. The summed E-state index contributed by atoms with van der Waals surface area (Å²) in [4.78, 5) is 0. The largest absolute Gasteiger partial charge is 0.505 e. The van der Waals surface area contributed by atoms with Crippen LogP contribution < -0.4 is 0 Å². The van der Waals surface area contributed by atoms with Gasteiger partial charge in [0.05, 0.1) is 0 Å². The average molecular weight is 242 g/mol. The molecule has 17 heavy (non-hydrogen) atoms. The van der Waals surface area contributed by atoms with Gasteiger partial charge in [0.25, 0.3) is 0 Å². The van der Waals surface area contributed by atoms with Gasteiger partial charge in [-0.3, -0.25) is 0 Å². The molecule has 1 rings (SSSR count). The van der Waals surface area contributed by atoms with Gasteiger partial charge in [0.2, 0.25) is 5.82 Å². The molecule has 3 heteroatoms. The molecule has 96 valence electrons. The molecule has 0 aromatic heterocycles. The summed E-state index contributed by atoms with van der Waals surface area (Å²) in [5.41, 5.74) is 0.766. The van der Waals surface area contributed by atoms with Gasteiger partial charge in [-0.1, -0.05) is 32.6 Å². The summed E-state index contributed by atoms with van der Waals surface area (Å²) >= 11 is 0. The summed E-state index contributed by atoms with van der Waals surface area (Å²) < 4.78 is 26.7. The molecule has 0 aliphatic heterocycles. The molecule has 0 amide bonds. The Bertz CT molecular complexity index is 375. The fourth-order valence-corrected chi connectivity index (χ4v) is 1.91. The van der Waals surface area contributed by atoms with E-state index in [0.29, 0.717) is 17.5 Å². The first-order chi connectivity index (χ1) is 8.07. The predicted octanol–water partition coefficient (Wildman–Crippen LogP) is 4.49. The Kier molecular flexibility index (Phi) is 5.39. The van der Waals surface area contributed by atoms with Crippen molar-refractivity contribution in [2.75, 3.05) is 0 Å². The quantitative estimate of drug-likeness (QED) is 0.728. The number of phenols is 1. The van der Waals surface area contributed by atoms with Gasteiger partial charge >= 0.3 is 0 Å². The van der Waals surface area contributed by atoms with Crippen molar-refractivity contribution in [2.45, 2.75) is 52.4 Å². The van der Waals surface area contributed by atoms with E-state index in [9.17, 15) is 13.9 Å². The van der Waals surface area contributed by atoms with Crippen molar-refractivity contribution >= 4 is 0 Å². The third kappa shape index (κ3) is 3.69. The van der Waals surface area contributed by atoms with Gasteiger partial charge in [-0.2, -0.15) is 4.39 Å². The highest BCUT2D eigenvalue weighted by atomic mass is 19.2. The number of aromatic hydroxyl groups is 1. The minimum absolute atomic E-state index is 0.370. The molecule has 0 bridgehead atoms. The Morgan fingerprint density at radius 2 is 1.71 bits per heavy atom. The average Bonchev–Trinajstić information content (AvgIpc) is 2.32. The van der Waals surface area contributed by atoms with Crippen molar-refractivity contribution in [1.82, 2.24) is 0 Å². The molecule has 1 N–H and O–H groups in total. The van der Waals surface area contributed by atoms with Crippen LogP contribution in [0, 0.1) is 18.6 Å². The standard InChI is InChI=1S/C14H20F2O/c1-3-4-5-6-7-8-11-9-10(2)14(17)13(16)12(11)15/h9,17H,3-8H2,1-2H3. The summed E-state index contributed by atoms with van der Waals surface area (Å²) in [7, 11) is 0. The summed E-state index contributed by atoms with van der Waals surface area (Å²) in [6, 6.07) is 1.54. The number of benzene rings is 1. The molecule has 0 aliphatic carbocycles. The highest BCUT2D eigenvalue weighted by molar-refractivity contribution is 5.37. The molecular weight excluding hydrogens is 222 g/mol. The molecule has 0 atom stereocenters. The highest BCUT2D eigenvalue weighted by Crippen LogP contribution is 2.26. The summed E-state index contributed by atoms with van der Waals surface area (Å²) in [5.74, 6) is -2.59. The number of hydrogen-bond acceptors (Lipinski definition) is 1. The summed E-state index contributed by atoms with van der Waals surface area (Å²) in [6.45, 7) is 3.72. The maximum absolute atomic E-state index is 13.5. The zero-order valence-corrected chi connectivity index (χ0v) is 10.5. The minimum Gasteiger partial charge on any atom is -0.505 e. The number of phenolic OH excluding ortho intramolecular Hbond substituents is 1. The van der Waals surface area contributed by atoms with Crippen molar-refractivity contribution in [3.8, 4) is 5.75 Å². The smallest absolute Gasteiger partial charge is 0.200 e. The second kappa shape index (κ2) is 6.58. The maximum Gasteiger partial charge on any atom is 0.200 e. The molecule has 0 heterocycles. The van der Waals surface area contributed by atoms with Crippen LogP contribution in [0.3, 0.4) is 0 Å². The van der Waals surface area contributed by atoms with E-state index in [4.69, 9.17) is 0 Å². The number of halogens is 2. The molecule has 0 fully saturated rings. The topological polar surface area (TPSA) is 20.2 Å². The van der Waals surface area contributed by atoms with Crippen molar-refractivity contribution < 1.29 is 13.9 Å². The summed E-state index contributed by atoms with van der Waals surface area (Å²) in [5, 5.41) is 9.24. The van der Waals surface area contributed by atoms with Crippen LogP contribution in [-0.2, 0) is 6.42 Å². The van der Waals surface area contributed by atoms with Crippen LogP contribution in [-0.4, -0.2) is 5.11 Å². The predicted molar refractivity (Wildman–Crippen MR) is 65.2 cm³/mol. The normalized spacial score (nSPS) is 10.8. The Labute approximate surface area is 101 Å². The van der Waals surface area contributed by atoms with E-state index < -0.39 is 17.4 Å². The molecule has 0 aliphatic rings. The van der Waals surface area contributed by atoms with Gasteiger partial charge in [0, 0.05) is 0 Å². The van der Waals surface area contributed by atoms with Crippen LogP contribution in [0.2, 0.25) is 0 Å². The molecule has 0 unspecified atom stereocenters. The van der Waals surface area contributed by atoms with Gasteiger partial charge in [-0.25, -0.2) is 4.39 Å².